The van der Waals surface area contributed by atoms with E-state index in [9.17, 15) is 18.0 Å². The highest BCUT2D eigenvalue weighted by Crippen LogP contribution is 2.39. The van der Waals surface area contributed by atoms with Crippen molar-refractivity contribution in [2.45, 2.75) is 51.1 Å². The number of Topliss-reactive ketones (excluding diaryl/α,β-unsaturated/α-hetero) is 1. The minimum atomic E-state index is -4.09. The molecule has 0 spiro atoms. The van der Waals surface area contributed by atoms with E-state index in [1.165, 1.54) is 0 Å². The van der Waals surface area contributed by atoms with Crippen molar-refractivity contribution in [3.05, 3.63) is 12.7 Å². The molecule has 0 bridgehead atoms. The summed E-state index contributed by atoms with van der Waals surface area (Å²) in [4.78, 5) is 11.7. The molecule has 1 saturated carbocycles. The maximum atomic E-state index is 12.4. The Morgan fingerprint density at radius 3 is 2.29 bits per heavy atom. The van der Waals surface area contributed by atoms with Gasteiger partial charge in [0, 0.05) is 12.3 Å². The summed E-state index contributed by atoms with van der Waals surface area (Å²) in [6.45, 7) is 3.57. The summed E-state index contributed by atoms with van der Waals surface area (Å²) in [6.07, 6.45) is 0.736. The average Bonchev–Trinajstić information content (AvgIpc) is 2.28. The van der Waals surface area contributed by atoms with Crippen molar-refractivity contribution < 1.29 is 18.0 Å². The van der Waals surface area contributed by atoms with Crippen LogP contribution in [0.25, 0.3) is 0 Å². The topological polar surface area (TPSA) is 17.1 Å². The highest BCUT2D eigenvalue weighted by Gasteiger charge is 2.42. The van der Waals surface area contributed by atoms with Crippen molar-refractivity contribution in [2.75, 3.05) is 0 Å². The summed E-state index contributed by atoms with van der Waals surface area (Å²) in [5.74, 6) is -1.20. The molecule has 0 amide bonds. The van der Waals surface area contributed by atoms with E-state index < -0.39 is 12.1 Å². The quantitative estimate of drug-likeness (QED) is 0.524. The smallest absolute Gasteiger partial charge is 0.299 e. The summed E-state index contributed by atoms with van der Waals surface area (Å²) >= 11 is 0. The molecule has 0 aromatic heterocycles. The fourth-order valence-corrected chi connectivity index (χ4v) is 2.37. The number of carbonyl (C=O) groups excluding carboxylic acids is 1. The van der Waals surface area contributed by atoms with Crippen LogP contribution < -0.4 is 0 Å². The van der Waals surface area contributed by atoms with E-state index in [2.05, 4.69) is 6.58 Å². The molecular weight excluding hydrogens is 229 g/mol. The van der Waals surface area contributed by atoms with E-state index in [0.717, 1.165) is 12.8 Å². The van der Waals surface area contributed by atoms with Crippen molar-refractivity contribution in [3.63, 3.8) is 0 Å². The Balaban J connectivity index is 2.31. The zero-order valence-electron chi connectivity index (χ0n) is 9.93. The van der Waals surface area contributed by atoms with Crippen LogP contribution in [-0.2, 0) is 4.79 Å². The van der Waals surface area contributed by atoms with Crippen LogP contribution in [0, 0.1) is 11.8 Å². The number of rotatable bonds is 5. The molecule has 0 aromatic rings. The van der Waals surface area contributed by atoms with Gasteiger partial charge in [-0.25, -0.2) is 0 Å². The SMILES string of the molecule is C=CCCCC(=O)C1CCC(C(F)(F)F)CC1. The lowest BCUT2D eigenvalue weighted by Crippen LogP contribution is -2.30. The highest BCUT2D eigenvalue weighted by atomic mass is 19.4. The van der Waals surface area contributed by atoms with E-state index in [0.29, 0.717) is 19.3 Å². The molecule has 1 fully saturated rings. The fourth-order valence-electron chi connectivity index (χ4n) is 2.37. The Hall–Kier alpha value is -0.800. The van der Waals surface area contributed by atoms with Gasteiger partial charge in [-0.3, -0.25) is 4.79 Å². The van der Waals surface area contributed by atoms with Crippen LogP contribution in [0.3, 0.4) is 0 Å². The minimum Gasteiger partial charge on any atom is -0.299 e. The van der Waals surface area contributed by atoms with Gasteiger partial charge in [0.1, 0.15) is 5.78 Å². The molecule has 0 radical (unpaired) electrons. The predicted molar refractivity (Wildman–Crippen MR) is 60.6 cm³/mol. The van der Waals surface area contributed by atoms with Crippen LogP contribution in [0.15, 0.2) is 12.7 Å². The average molecular weight is 248 g/mol. The van der Waals surface area contributed by atoms with Crippen molar-refractivity contribution in [1.29, 1.82) is 0 Å². The Bertz CT molecular complexity index is 262. The van der Waals surface area contributed by atoms with Crippen LogP contribution in [-0.4, -0.2) is 12.0 Å². The van der Waals surface area contributed by atoms with Gasteiger partial charge in [0.15, 0.2) is 0 Å². The van der Waals surface area contributed by atoms with Crippen molar-refractivity contribution in [1.82, 2.24) is 0 Å². The molecule has 0 N–H and O–H groups in total. The first-order valence-electron chi connectivity index (χ1n) is 6.15. The Kier molecular flexibility index (Phi) is 5.22. The van der Waals surface area contributed by atoms with Gasteiger partial charge < -0.3 is 0 Å². The lowest BCUT2D eigenvalue weighted by molar-refractivity contribution is -0.184. The van der Waals surface area contributed by atoms with Crippen molar-refractivity contribution >= 4 is 5.78 Å². The Labute approximate surface area is 100 Å². The van der Waals surface area contributed by atoms with E-state index in [-0.39, 0.29) is 24.5 Å². The van der Waals surface area contributed by atoms with Gasteiger partial charge in [-0.15, -0.1) is 6.58 Å². The number of hydrogen-bond acceptors (Lipinski definition) is 1. The minimum absolute atomic E-state index is 0.112. The van der Waals surface area contributed by atoms with Gasteiger partial charge in [-0.2, -0.15) is 13.2 Å². The molecule has 1 nitrogen and oxygen atoms in total. The number of halogens is 3. The number of unbranched alkanes of at least 4 members (excludes halogenated alkanes) is 1. The monoisotopic (exact) mass is 248 g/mol. The number of alkyl halides is 3. The van der Waals surface area contributed by atoms with Gasteiger partial charge in [-0.1, -0.05) is 6.08 Å². The normalized spacial score (nSPS) is 25.6. The first-order valence-corrected chi connectivity index (χ1v) is 6.15. The molecule has 17 heavy (non-hydrogen) atoms. The van der Waals surface area contributed by atoms with E-state index in [1.807, 2.05) is 0 Å². The summed E-state index contributed by atoms with van der Waals surface area (Å²) in [5, 5.41) is 0. The number of ketones is 1. The van der Waals surface area contributed by atoms with E-state index in [1.54, 1.807) is 6.08 Å². The van der Waals surface area contributed by atoms with Crippen LogP contribution in [0.1, 0.15) is 44.9 Å². The van der Waals surface area contributed by atoms with E-state index in [4.69, 9.17) is 0 Å². The number of hydrogen-bond donors (Lipinski definition) is 0. The molecule has 0 aliphatic heterocycles. The third kappa shape index (κ3) is 4.52. The first kappa shape index (κ1) is 14.3. The molecular formula is C13H19F3O. The maximum Gasteiger partial charge on any atom is 0.391 e. The van der Waals surface area contributed by atoms with Gasteiger partial charge in [0.05, 0.1) is 5.92 Å². The van der Waals surface area contributed by atoms with Gasteiger partial charge in [0.25, 0.3) is 0 Å². The number of carbonyl (C=O) groups is 1. The lowest BCUT2D eigenvalue weighted by atomic mass is 9.79. The predicted octanol–water partition coefficient (Wildman–Crippen LogP) is 4.28. The van der Waals surface area contributed by atoms with E-state index >= 15 is 0 Å². The van der Waals surface area contributed by atoms with Crippen molar-refractivity contribution in [2.24, 2.45) is 11.8 Å². The van der Waals surface area contributed by atoms with Crippen LogP contribution in [0.4, 0.5) is 13.2 Å². The molecule has 1 aliphatic rings. The first-order chi connectivity index (χ1) is 7.95. The van der Waals surface area contributed by atoms with Gasteiger partial charge in [-0.05, 0) is 38.5 Å². The third-order valence-corrected chi connectivity index (χ3v) is 3.48. The summed E-state index contributed by atoms with van der Waals surface area (Å²) < 4.78 is 37.3. The van der Waals surface area contributed by atoms with Gasteiger partial charge in [0.2, 0.25) is 0 Å². The number of allylic oxidation sites excluding steroid dienone is 1. The fraction of sp³-hybridized carbons (Fsp3) is 0.769. The molecule has 0 aromatic carbocycles. The second-order valence-electron chi connectivity index (χ2n) is 4.74. The standard InChI is InChI=1S/C13H19F3O/c1-2-3-4-5-12(17)10-6-8-11(9-7-10)13(14,15)16/h2,10-11H,1,3-9H2. The van der Waals surface area contributed by atoms with Crippen LogP contribution >= 0.6 is 0 Å². The molecule has 0 atom stereocenters. The maximum absolute atomic E-state index is 12.4. The largest absolute Gasteiger partial charge is 0.391 e. The Morgan fingerprint density at radius 1 is 1.24 bits per heavy atom. The summed E-state index contributed by atoms with van der Waals surface area (Å²) in [6, 6.07) is 0. The third-order valence-electron chi connectivity index (χ3n) is 3.48. The molecule has 98 valence electrons. The molecule has 1 aliphatic carbocycles. The summed E-state index contributed by atoms with van der Waals surface area (Å²) in [5.41, 5.74) is 0. The second kappa shape index (κ2) is 6.22. The van der Waals surface area contributed by atoms with Crippen molar-refractivity contribution in [3.8, 4) is 0 Å². The highest BCUT2D eigenvalue weighted by molar-refractivity contribution is 5.81. The van der Waals surface area contributed by atoms with Crippen LogP contribution in [0.2, 0.25) is 0 Å². The van der Waals surface area contributed by atoms with Crippen LogP contribution in [0.5, 0.6) is 0 Å². The molecule has 4 heteroatoms. The second-order valence-corrected chi connectivity index (χ2v) is 4.74. The zero-order chi connectivity index (χ0) is 12.9. The zero-order valence-corrected chi connectivity index (χ0v) is 9.93. The summed E-state index contributed by atoms with van der Waals surface area (Å²) in [7, 11) is 0. The molecule has 1 rings (SSSR count). The Morgan fingerprint density at radius 2 is 1.82 bits per heavy atom. The lowest BCUT2D eigenvalue weighted by Gasteiger charge is -2.29. The molecule has 0 heterocycles. The molecule has 0 saturated heterocycles. The molecule has 0 unspecified atom stereocenters. The van der Waals surface area contributed by atoms with Gasteiger partial charge >= 0.3 is 6.18 Å².